The van der Waals surface area contributed by atoms with Crippen LogP contribution in [-0.4, -0.2) is 9.85 Å². The molecule has 0 aliphatic heterocycles. The second kappa shape index (κ2) is 3.13. The van der Waals surface area contributed by atoms with E-state index < -0.39 is 27.0 Å². The fourth-order valence-corrected chi connectivity index (χ4v) is 0.755. The van der Waals surface area contributed by atoms with Gasteiger partial charge < -0.3 is 0 Å². The highest BCUT2D eigenvalue weighted by molar-refractivity contribution is 5.43. The molecule has 1 aromatic rings. The molecular weight excluding hydrogens is 185 g/mol. The monoisotopic (exact) mass is 188 g/mol. The van der Waals surface area contributed by atoms with Crippen LogP contribution >= 0.6 is 0 Å². The van der Waals surface area contributed by atoms with Crippen molar-refractivity contribution in [1.82, 2.24) is 0 Å². The van der Waals surface area contributed by atoms with Gasteiger partial charge in [0.15, 0.2) is 0 Å². The lowest BCUT2D eigenvalue weighted by Gasteiger charge is -1.93. The Bertz CT molecular complexity index is 379. The van der Waals surface area contributed by atoms with E-state index in [1.165, 1.54) is 0 Å². The van der Waals surface area contributed by atoms with E-state index in [-0.39, 0.29) is 0 Å². The lowest BCUT2D eigenvalue weighted by atomic mass is 10.4. The maximum absolute atomic E-state index is 12.6. The molecule has 0 heterocycles. The summed E-state index contributed by atoms with van der Waals surface area (Å²) < 4.78 is 12.6. The van der Waals surface area contributed by atoms with Gasteiger partial charge in [0.1, 0.15) is 0 Å². The topological polar surface area (TPSA) is 86.3 Å². The summed E-state index contributed by atoms with van der Waals surface area (Å²) in [5.74, 6) is -1.09. The number of hydrogen-bond acceptors (Lipinski definition) is 4. The SMILES string of the molecule is O=[N+]([O-])c1cc[14c](F)c([N+](=O)[O-])c1. The number of nitro benzene ring substituents is 2. The summed E-state index contributed by atoms with van der Waals surface area (Å²) in [6, 6.07) is 2.13. The van der Waals surface area contributed by atoms with Crippen LogP contribution in [0.1, 0.15) is 0 Å². The minimum absolute atomic E-state index is 0.506. The first kappa shape index (κ1) is 9.04. The summed E-state index contributed by atoms with van der Waals surface area (Å²) in [6.07, 6.45) is 0. The second-order valence-electron chi connectivity index (χ2n) is 2.15. The molecule has 0 bridgehead atoms. The molecular formula is C6H3FN2O4. The Morgan fingerprint density at radius 1 is 1.31 bits per heavy atom. The maximum Gasteiger partial charge on any atom is 0.311 e. The minimum Gasteiger partial charge on any atom is -0.258 e. The van der Waals surface area contributed by atoms with Crippen molar-refractivity contribution in [3.63, 3.8) is 0 Å². The van der Waals surface area contributed by atoms with Gasteiger partial charge in [0.25, 0.3) is 5.69 Å². The normalized spacial score (nSPS) is 9.62. The Kier molecular flexibility index (Phi) is 2.18. The zero-order valence-corrected chi connectivity index (χ0v) is 6.14. The predicted octanol–water partition coefficient (Wildman–Crippen LogP) is 1.64. The molecule has 0 fully saturated rings. The molecule has 0 unspecified atom stereocenters. The molecule has 0 saturated heterocycles. The lowest BCUT2D eigenvalue weighted by molar-refractivity contribution is -0.395. The van der Waals surface area contributed by atoms with Crippen LogP contribution in [0, 0.1) is 26.0 Å². The highest BCUT2D eigenvalue weighted by Crippen LogP contribution is 2.22. The Hall–Kier alpha value is -2.05. The average molecular weight is 188 g/mol. The number of hydrogen-bond donors (Lipinski definition) is 0. The fourth-order valence-electron chi connectivity index (χ4n) is 0.755. The summed E-state index contributed by atoms with van der Waals surface area (Å²) in [7, 11) is 0. The number of non-ortho nitro benzene ring substituents is 1. The third-order valence-corrected chi connectivity index (χ3v) is 1.34. The van der Waals surface area contributed by atoms with Crippen molar-refractivity contribution in [3.8, 4) is 0 Å². The summed E-state index contributed by atoms with van der Waals surface area (Å²) >= 11 is 0. The Morgan fingerprint density at radius 2 is 1.92 bits per heavy atom. The fraction of sp³-hybridized carbons (Fsp3) is 0. The van der Waals surface area contributed by atoms with E-state index in [9.17, 15) is 24.6 Å². The van der Waals surface area contributed by atoms with Crippen molar-refractivity contribution in [3.05, 3.63) is 44.2 Å². The molecule has 68 valence electrons. The molecule has 0 spiro atoms. The van der Waals surface area contributed by atoms with E-state index >= 15 is 0 Å². The zero-order valence-electron chi connectivity index (χ0n) is 6.14. The van der Waals surface area contributed by atoms with Crippen LogP contribution in [-0.2, 0) is 0 Å². The van der Waals surface area contributed by atoms with Gasteiger partial charge >= 0.3 is 5.69 Å². The number of benzene rings is 1. The first-order valence-electron chi connectivity index (χ1n) is 3.10. The highest BCUT2D eigenvalue weighted by Gasteiger charge is 2.18. The van der Waals surface area contributed by atoms with Crippen LogP contribution in [0.15, 0.2) is 18.2 Å². The highest BCUT2D eigenvalue weighted by atomic mass is 19.2. The number of nitrogens with zero attached hydrogens (tertiary/aromatic N) is 2. The van der Waals surface area contributed by atoms with Crippen LogP contribution in [0.3, 0.4) is 0 Å². The van der Waals surface area contributed by atoms with Crippen molar-refractivity contribution in [2.24, 2.45) is 0 Å². The number of halogens is 1. The van der Waals surface area contributed by atoms with Gasteiger partial charge in [-0.2, -0.15) is 4.39 Å². The smallest absolute Gasteiger partial charge is 0.258 e. The van der Waals surface area contributed by atoms with Gasteiger partial charge in [-0.3, -0.25) is 20.2 Å². The van der Waals surface area contributed by atoms with E-state index in [0.717, 1.165) is 6.07 Å². The largest absolute Gasteiger partial charge is 0.311 e. The van der Waals surface area contributed by atoms with Crippen molar-refractivity contribution >= 4 is 11.4 Å². The van der Waals surface area contributed by atoms with E-state index in [4.69, 9.17) is 0 Å². The van der Waals surface area contributed by atoms with Crippen molar-refractivity contribution in [2.45, 2.75) is 0 Å². The van der Waals surface area contributed by atoms with Gasteiger partial charge in [0, 0.05) is 6.07 Å². The van der Waals surface area contributed by atoms with Crippen LogP contribution in [0.4, 0.5) is 15.8 Å². The van der Waals surface area contributed by atoms with Crippen LogP contribution in [0.5, 0.6) is 0 Å². The molecule has 0 radical (unpaired) electrons. The molecule has 0 aromatic heterocycles. The first-order valence-corrected chi connectivity index (χ1v) is 3.10. The second-order valence-corrected chi connectivity index (χ2v) is 2.15. The third kappa shape index (κ3) is 1.75. The van der Waals surface area contributed by atoms with Gasteiger partial charge in [-0.05, 0) is 6.07 Å². The molecule has 1 rings (SSSR count). The van der Waals surface area contributed by atoms with E-state index in [0.29, 0.717) is 12.1 Å². The molecule has 0 aliphatic rings. The number of nitro groups is 2. The number of rotatable bonds is 2. The van der Waals surface area contributed by atoms with Gasteiger partial charge in [-0.25, -0.2) is 0 Å². The summed E-state index contributed by atoms with van der Waals surface area (Å²) in [5.41, 5.74) is -1.40. The standard InChI is InChI=1S/C6H3FN2O4/c7-5-2-1-4(8(10)11)3-6(5)9(12)13/h1-3H/i5+2. The zero-order chi connectivity index (χ0) is 10.0. The quantitative estimate of drug-likeness (QED) is 0.521. The molecule has 6 nitrogen and oxygen atoms in total. The molecule has 0 atom stereocenters. The third-order valence-electron chi connectivity index (χ3n) is 1.34. The van der Waals surface area contributed by atoms with Gasteiger partial charge in [-0.1, -0.05) is 0 Å². The Balaban J connectivity index is 3.27. The van der Waals surface area contributed by atoms with Crippen molar-refractivity contribution in [1.29, 1.82) is 0 Å². The van der Waals surface area contributed by atoms with Gasteiger partial charge in [0.05, 0.1) is 15.9 Å². The maximum atomic E-state index is 12.6. The van der Waals surface area contributed by atoms with E-state index in [1.54, 1.807) is 0 Å². The van der Waals surface area contributed by atoms with Crippen molar-refractivity contribution in [2.75, 3.05) is 0 Å². The molecule has 13 heavy (non-hydrogen) atoms. The minimum atomic E-state index is -1.09. The molecule has 0 aliphatic carbocycles. The summed E-state index contributed by atoms with van der Waals surface area (Å²) in [5, 5.41) is 20.3. The average Bonchev–Trinajstić information content (AvgIpc) is 2.04. The van der Waals surface area contributed by atoms with E-state index in [1.807, 2.05) is 0 Å². The summed E-state index contributed by atoms with van der Waals surface area (Å²) in [4.78, 5) is 18.4. The van der Waals surface area contributed by atoms with Crippen LogP contribution in [0.2, 0.25) is 0 Å². The lowest BCUT2D eigenvalue weighted by Crippen LogP contribution is -1.95. The van der Waals surface area contributed by atoms with Crippen molar-refractivity contribution < 1.29 is 14.2 Å². The van der Waals surface area contributed by atoms with E-state index in [2.05, 4.69) is 0 Å². The molecule has 0 saturated carbocycles. The van der Waals surface area contributed by atoms with Gasteiger partial charge in [-0.15, -0.1) is 0 Å². The Labute approximate surface area is 70.9 Å². The van der Waals surface area contributed by atoms with Crippen LogP contribution in [0.25, 0.3) is 0 Å². The molecule has 1 aromatic carbocycles. The summed E-state index contributed by atoms with van der Waals surface area (Å²) in [6.45, 7) is 0. The molecule has 0 amide bonds. The predicted molar refractivity (Wildman–Crippen MR) is 39.7 cm³/mol. The molecule has 0 N–H and O–H groups in total. The molecule has 7 heteroatoms. The first-order chi connectivity index (χ1) is 6.02. The van der Waals surface area contributed by atoms with Crippen LogP contribution < -0.4 is 0 Å². The van der Waals surface area contributed by atoms with Gasteiger partial charge in [0.2, 0.25) is 5.82 Å². The Morgan fingerprint density at radius 3 is 2.38 bits per heavy atom.